The smallest absolute Gasteiger partial charge is 0.319 e. The number of benzene rings is 1. The molecule has 0 spiro atoms. The molecule has 2 saturated heterocycles. The molecule has 2 aliphatic heterocycles. The van der Waals surface area contributed by atoms with Crippen LogP contribution in [0, 0.1) is 5.82 Å². The average molecular weight is 618 g/mol. The first-order chi connectivity index (χ1) is 20.7. The van der Waals surface area contributed by atoms with E-state index in [4.69, 9.17) is 16.3 Å². The molecule has 13 heteroatoms. The summed E-state index contributed by atoms with van der Waals surface area (Å²) >= 11 is 6.70. The van der Waals surface area contributed by atoms with Crippen LogP contribution < -0.4 is 9.64 Å². The van der Waals surface area contributed by atoms with Gasteiger partial charge in [0.05, 0.1) is 29.2 Å². The normalized spacial score (nSPS) is 19.6. The van der Waals surface area contributed by atoms with Crippen molar-refractivity contribution in [3.63, 3.8) is 0 Å². The second-order valence-corrected chi connectivity index (χ2v) is 12.1. The van der Waals surface area contributed by atoms with Crippen molar-refractivity contribution in [1.29, 1.82) is 0 Å². The lowest BCUT2D eigenvalue weighted by molar-refractivity contribution is -0.0132. The Labute approximate surface area is 252 Å². The Kier molecular flexibility index (Phi) is 8.12. The minimum atomic E-state index is -2.78. The molecule has 9 nitrogen and oxygen atoms in total. The van der Waals surface area contributed by atoms with Gasteiger partial charge in [0.15, 0.2) is 5.82 Å². The molecule has 1 unspecified atom stereocenters. The SMILES string of the molecule is CCCCc1c(Cl)cc2[nH]ncc2c1-c1ncc2c(N(C)CCCCO)nc(OCC34CCN3CC(F)(F)C4)nc2c1F. The fourth-order valence-corrected chi connectivity index (χ4v) is 6.65. The van der Waals surface area contributed by atoms with Gasteiger partial charge in [-0.05, 0) is 43.7 Å². The van der Waals surface area contributed by atoms with Crippen LogP contribution in [-0.4, -0.2) is 86.5 Å². The Morgan fingerprint density at radius 3 is 2.74 bits per heavy atom. The predicted octanol–water partition coefficient (Wildman–Crippen LogP) is 5.77. The maximum atomic E-state index is 16.7. The van der Waals surface area contributed by atoms with Crippen LogP contribution in [0.5, 0.6) is 6.01 Å². The number of nitrogens with one attached hydrogen (secondary N) is 1. The molecule has 0 saturated carbocycles. The van der Waals surface area contributed by atoms with Crippen LogP contribution in [0.2, 0.25) is 5.02 Å². The van der Waals surface area contributed by atoms with Crippen LogP contribution in [0.3, 0.4) is 0 Å². The molecule has 0 amide bonds. The number of aliphatic hydroxyl groups excluding tert-OH is 1. The van der Waals surface area contributed by atoms with Crippen LogP contribution in [-0.2, 0) is 6.42 Å². The van der Waals surface area contributed by atoms with Gasteiger partial charge in [0.25, 0.3) is 5.92 Å². The van der Waals surface area contributed by atoms with Crippen molar-refractivity contribution in [2.45, 2.75) is 63.3 Å². The largest absolute Gasteiger partial charge is 0.461 e. The van der Waals surface area contributed by atoms with Crippen molar-refractivity contribution in [3.8, 4) is 17.3 Å². The highest BCUT2D eigenvalue weighted by Gasteiger charge is 2.60. The van der Waals surface area contributed by atoms with E-state index in [9.17, 15) is 13.9 Å². The molecule has 43 heavy (non-hydrogen) atoms. The molecule has 0 aliphatic carbocycles. The first-order valence-electron chi connectivity index (χ1n) is 14.7. The van der Waals surface area contributed by atoms with Crippen molar-refractivity contribution in [2.24, 2.45) is 0 Å². The molecule has 5 heterocycles. The summed E-state index contributed by atoms with van der Waals surface area (Å²) in [6.07, 6.45) is 7.16. The van der Waals surface area contributed by atoms with Gasteiger partial charge in [-0.2, -0.15) is 15.1 Å². The Morgan fingerprint density at radius 1 is 1.19 bits per heavy atom. The number of aromatic amines is 1. The summed E-state index contributed by atoms with van der Waals surface area (Å²) in [5, 5.41) is 17.9. The van der Waals surface area contributed by atoms with Gasteiger partial charge in [0.1, 0.15) is 23.6 Å². The molecular formula is C30H35ClF3N7O2. The van der Waals surface area contributed by atoms with Crippen LogP contribution in [0.4, 0.5) is 19.0 Å². The lowest BCUT2D eigenvalue weighted by Crippen LogP contribution is -2.59. The molecule has 2 aliphatic rings. The van der Waals surface area contributed by atoms with E-state index in [0.29, 0.717) is 71.5 Å². The zero-order valence-corrected chi connectivity index (χ0v) is 25.0. The number of hydrogen-bond donors (Lipinski definition) is 2. The number of halogens is 4. The van der Waals surface area contributed by atoms with E-state index in [1.54, 1.807) is 23.4 Å². The average Bonchev–Trinajstić information content (AvgIpc) is 3.51. The number of H-pyrrole nitrogens is 1. The number of ether oxygens (including phenoxy) is 1. The Bertz CT molecular complexity index is 1650. The Hall–Kier alpha value is -3.22. The number of nitrogens with zero attached hydrogens (tertiary/aromatic N) is 6. The van der Waals surface area contributed by atoms with Gasteiger partial charge in [-0.25, -0.2) is 13.2 Å². The minimum Gasteiger partial charge on any atom is -0.461 e. The summed E-state index contributed by atoms with van der Waals surface area (Å²) in [4.78, 5) is 17.2. The Morgan fingerprint density at radius 2 is 2.02 bits per heavy atom. The van der Waals surface area contributed by atoms with Gasteiger partial charge in [-0.15, -0.1) is 0 Å². The number of unbranched alkanes of at least 4 members (excludes halogenated alkanes) is 2. The first kappa shape index (κ1) is 29.8. The molecule has 0 bridgehead atoms. The topological polar surface area (TPSA) is 103 Å². The first-order valence-corrected chi connectivity index (χ1v) is 15.1. The number of aromatic nitrogens is 5. The number of fused-ring (bicyclic) bond motifs is 3. The van der Waals surface area contributed by atoms with Crippen molar-refractivity contribution >= 4 is 39.2 Å². The third-order valence-electron chi connectivity index (χ3n) is 8.72. The molecule has 1 aromatic carbocycles. The molecule has 4 aromatic rings. The minimum absolute atomic E-state index is 0.0109. The molecule has 2 N–H and O–H groups in total. The predicted molar refractivity (Wildman–Crippen MR) is 160 cm³/mol. The van der Waals surface area contributed by atoms with E-state index in [1.807, 2.05) is 11.9 Å². The van der Waals surface area contributed by atoms with Crippen LogP contribution in [0.25, 0.3) is 33.1 Å². The number of alkyl halides is 2. The van der Waals surface area contributed by atoms with Gasteiger partial charge in [-0.3, -0.25) is 15.0 Å². The van der Waals surface area contributed by atoms with E-state index < -0.39 is 17.3 Å². The second kappa shape index (κ2) is 11.7. The second-order valence-electron chi connectivity index (χ2n) is 11.7. The maximum absolute atomic E-state index is 16.7. The van der Waals surface area contributed by atoms with Gasteiger partial charge in [0, 0.05) is 55.3 Å². The van der Waals surface area contributed by atoms with Gasteiger partial charge in [0.2, 0.25) is 0 Å². The molecule has 2 fully saturated rings. The van der Waals surface area contributed by atoms with Crippen molar-refractivity contribution in [1.82, 2.24) is 30.0 Å². The molecule has 0 radical (unpaired) electrons. The van der Waals surface area contributed by atoms with Crippen molar-refractivity contribution in [3.05, 3.63) is 34.9 Å². The highest BCUT2D eigenvalue weighted by Crippen LogP contribution is 2.47. The fourth-order valence-electron chi connectivity index (χ4n) is 6.35. The summed E-state index contributed by atoms with van der Waals surface area (Å²) in [5.74, 6) is -3.03. The quantitative estimate of drug-likeness (QED) is 0.193. The lowest BCUT2D eigenvalue weighted by Gasteiger charge is -2.46. The number of hydrogen-bond acceptors (Lipinski definition) is 8. The molecule has 6 rings (SSSR count). The zero-order chi connectivity index (χ0) is 30.4. The van der Waals surface area contributed by atoms with Gasteiger partial charge >= 0.3 is 6.01 Å². The summed E-state index contributed by atoms with van der Waals surface area (Å²) in [6, 6.07) is 1.70. The number of aliphatic hydroxyl groups is 1. The Balaban J connectivity index is 1.45. The summed E-state index contributed by atoms with van der Waals surface area (Å²) in [7, 11) is 1.81. The van der Waals surface area contributed by atoms with E-state index in [-0.39, 0.29) is 43.4 Å². The van der Waals surface area contributed by atoms with Crippen molar-refractivity contribution < 1.29 is 23.0 Å². The fraction of sp³-hybridized carbons (Fsp3) is 0.533. The van der Waals surface area contributed by atoms with Gasteiger partial charge < -0.3 is 14.7 Å². The number of anilines is 1. The number of rotatable bonds is 12. The van der Waals surface area contributed by atoms with Gasteiger partial charge in [-0.1, -0.05) is 24.9 Å². The third kappa shape index (κ3) is 5.49. The summed E-state index contributed by atoms with van der Waals surface area (Å²) < 4.78 is 51.2. The van der Waals surface area contributed by atoms with Crippen LogP contribution >= 0.6 is 11.6 Å². The van der Waals surface area contributed by atoms with E-state index >= 15 is 4.39 Å². The van der Waals surface area contributed by atoms with Crippen molar-refractivity contribution in [2.75, 3.05) is 44.8 Å². The molecular weight excluding hydrogens is 583 g/mol. The van der Waals surface area contributed by atoms with Crippen LogP contribution in [0.15, 0.2) is 18.5 Å². The molecule has 230 valence electrons. The van der Waals surface area contributed by atoms with Crippen LogP contribution in [0.1, 0.15) is 51.0 Å². The van der Waals surface area contributed by atoms with E-state index in [1.165, 1.54) is 0 Å². The third-order valence-corrected chi connectivity index (χ3v) is 9.06. The highest BCUT2D eigenvalue weighted by molar-refractivity contribution is 6.33. The molecule has 3 aromatic heterocycles. The number of pyridine rings is 1. The lowest BCUT2D eigenvalue weighted by atomic mass is 9.85. The summed E-state index contributed by atoms with van der Waals surface area (Å²) in [6.45, 7) is 2.93. The highest BCUT2D eigenvalue weighted by atomic mass is 35.5. The van der Waals surface area contributed by atoms with E-state index in [2.05, 4.69) is 32.1 Å². The summed E-state index contributed by atoms with van der Waals surface area (Å²) in [5.41, 5.74) is 1.32. The monoisotopic (exact) mass is 617 g/mol. The maximum Gasteiger partial charge on any atom is 0.319 e. The molecule has 1 atom stereocenters. The standard InChI is InChI=1S/C30H35ClF3N7O2/c1-3-4-7-18-21(31)12-22-19(14-36-39-22)23(18)26-24(32)25-20(13-35-26)27(40(2)9-5-6-11-42)38-28(37-25)43-17-29-8-10-41(29)16-30(33,34)15-29/h12-14,42H,3-11,15-17H2,1-2H3,(H,36,39). The van der Waals surface area contributed by atoms with E-state index in [0.717, 1.165) is 18.4 Å². The zero-order valence-electron chi connectivity index (χ0n) is 24.3.